The van der Waals surface area contributed by atoms with Gasteiger partial charge < -0.3 is 10.2 Å². The van der Waals surface area contributed by atoms with Crippen molar-refractivity contribution in [3.05, 3.63) is 77.6 Å². The van der Waals surface area contributed by atoms with Gasteiger partial charge in [0.25, 0.3) is 5.91 Å². The van der Waals surface area contributed by atoms with Gasteiger partial charge in [-0.3, -0.25) is 9.69 Å². The van der Waals surface area contributed by atoms with Gasteiger partial charge in [-0.25, -0.2) is 4.39 Å². The van der Waals surface area contributed by atoms with E-state index >= 15 is 4.39 Å². The minimum atomic E-state index is -4.81. The van der Waals surface area contributed by atoms with E-state index in [9.17, 15) is 18.0 Å². The van der Waals surface area contributed by atoms with Gasteiger partial charge in [0.15, 0.2) is 5.11 Å². The number of rotatable bonds is 4. The molecule has 4 rings (SSSR count). The van der Waals surface area contributed by atoms with Crippen molar-refractivity contribution in [2.75, 3.05) is 22.2 Å². The van der Waals surface area contributed by atoms with Gasteiger partial charge in [-0.15, -0.1) is 0 Å². The molecule has 1 aliphatic rings. The second kappa shape index (κ2) is 8.91. The number of nitrogens with zero attached hydrogens (tertiary/aromatic N) is 3. The first kappa shape index (κ1) is 25.1. The monoisotopic (exact) mass is 512 g/mol. The van der Waals surface area contributed by atoms with E-state index in [1.807, 2.05) is 24.3 Å². The van der Waals surface area contributed by atoms with E-state index in [-0.39, 0.29) is 16.5 Å². The third-order valence-corrected chi connectivity index (χ3v) is 6.42. The van der Waals surface area contributed by atoms with Gasteiger partial charge in [0.2, 0.25) is 0 Å². The maximum absolute atomic E-state index is 15.4. The van der Waals surface area contributed by atoms with Crippen LogP contribution in [0.25, 0.3) is 11.1 Å². The Labute approximate surface area is 210 Å². The van der Waals surface area contributed by atoms with Crippen LogP contribution in [-0.4, -0.2) is 23.6 Å². The summed E-state index contributed by atoms with van der Waals surface area (Å²) in [6.45, 7) is 3.03. The van der Waals surface area contributed by atoms with Gasteiger partial charge in [0, 0.05) is 12.7 Å². The Balaban J connectivity index is 1.74. The topological polar surface area (TPSA) is 59.4 Å². The number of amides is 1. The number of nitriles is 1. The van der Waals surface area contributed by atoms with Crippen LogP contribution < -0.4 is 15.1 Å². The highest BCUT2D eigenvalue weighted by Crippen LogP contribution is 2.41. The average Bonchev–Trinajstić information content (AvgIpc) is 3.01. The lowest BCUT2D eigenvalue weighted by Gasteiger charge is -2.30. The molecule has 0 unspecified atom stereocenters. The first-order valence-corrected chi connectivity index (χ1v) is 11.2. The largest absolute Gasteiger partial charge is 0.417 e. The summed E-state index contributed by atoms with van der Waals surface area (Å²) in [5, 5.41) is 11.9. The second-order valence-corrected chi connectivity index (χ2v) is 9.02. The molecule has 0 aromatic heterocycles. The number of carbonyl (C=O) groups is 1. The molecule has 0 saturated carbocycles. The van der Waals surface area contributed by atoms with Crippen LogP contribution in [0.4, 0.5) is 34.6 Å². The molecule has 1 heterocycles. The third kappa shape index (κ3) is 4.16. The number of thiocarbonyl (C=S) groups is 1. The van der Waals surface area contributed by atoms with Crippen LogP contribution in [0.5, 0.6) is 0 Å². The molecule has 36 heavy (non-hydrogen) atoms. The first-order chi connectivity index (χ1) is 16.9. The summed E-state index contributed by atoms with van der Waals surface area (Å²) in [6.07, 6.45) is -4.81. The molecule has 0 aliphatic carbocycles. The normalized spacial score (nSPS) is 15.3. The summed E-state index contributed by atoms with van der Waals surface area (Å²) < 4.78 is 55.9. The van der Waals surface area contributed by atoms with Gasteiger partial charge >= 0.3 is 6.18 Å². The maximum atomic E-state index is 15.4. The SMILES string of the molecule is CNc1ccc(-c2ccc(N3C(=S)N(c4ccc(C#N)c(C(F)(F)F)c4)C(=O)C3(C)C)c(F)c2)cc1. The molecule has 10 heteroatoms. The Bertz CT molecular complexity index is 1410. The van der Waals surface area contributed by atoms with Crippen molar-refractivity contribution in [1.82, 2.24) is 0 Å². The Morgan fingerprint density at radius 1 is 1.00 bits per heavy atom. The molecule has 184 valence electrons. The fourth-order valence-corrected chi connectivity index (χ4v) is 4.64. The molecule has 1 amide bonds. The van der Waals surface area contributed by atoms with E-state index in [1.54, 1.807) is 13.1 Å². The van der Waals surface area contributed by atoms with Crippen molar-refractivity contribution in [3.63, 3.8) is 0 Å². The van der Waals surface area contributed by atoms with Crippen LogP contribution in [-0.2, 0) is 11.0 Å². The number of hydrogen-bond donors (Lipinski definition) is 1. The summed E-state index contributed by atoms with van der Waals surface area (Å²) in [4.78, 5) is 15.6. The molecule has 5 nitrogen and oxygen atoms in total. The Morgan fingerprint density at radius 3 is 2.19 bits per heavy atom. The minimum Gasteiger partial charge on any atom is -0.388 e. The smallest absolute Gasteiger partial charge is 0.388 e. The molecule has 0 radical (unpaired) electrons. The summed E-state index contributed by atoms with van der Waals surface area (Å²) >= 11 is 5.47. The lowest BCUT2D eigenvalue weighted by molar-refractivity contribution is -0.137. The molecule has 0 atom stereocenters. The van der Waals surface area contributed by atoms with E-state index in [1.165, 1.54) is 43.0 Å². The van der Waals surface area contributed by atoms with E-state index < -0.39 is 34.6 Å². The molecule has 1 saturated heterocycles. The molecule has 0 spiro atoms. The predicted molar refractivity (Wildman–Crippen MR) is 134 cm³/mol. The molecule has 1 N–H and O–H groups in total. The quantitative estimate of drug-likeness (QED) is 0.327. The van der Waals surface area contributed by atoms with Crippen molar-refractivity contribution >= 4 is 40.3 Å². The van der Waals surface area contributed by atoms with Crippen LogP contribution in [0.2, 0.25) is 0 Å². The van der Waals surface area contributed by atoms with Crippen LogP contribution >= 0.6 is 12.2 Å². The van der Waals surface area contributed by atoms with E-state index in [4.69, 9.17) is 17.5 Å². The Kier molecular flexibility index (Phi) is 6.22. The summed E-state index contributed by atoms with van der Waals surface area (Å²) in [5.74, 6) is -1.28. The lowest BCUT2D eigenvalue weighted by Crippen LogP contribution is -2.44. The summed E-state index contributed by atoms with van der Waals surface area (Å²) in [6, 6.07) is 16.3. The highest BCUT2D eigenvalue weighted by atomic mass is 32.1. The number of anilines is 3. The fourth-order valence-electron chi connectivity index (χ4n) is 4.13. The molecular weight excluding hydrogens is 492 g/mol. The highest BCUT2D eigenvalue weighted by Gasteiger charge is 2.51. The number of hydrogen-bond acceptors (Lipinski definition) is 4. The van der Waals surface area contributed by atoms with Crippen LogP contribution in [0.15, 0.2) is 60.7 Å². The van der Waals surface area contributed by atoms with Crippen LogP contribution in [0, 0.1) is 17.1 Å². The molecular formula is C26H20F4N4OS. The number of carbonyl (C=O) groups excluding carboxylic acids is 1. The number of nitrogens with one attached hydrogen (secondary N) is 1. The van der Waals surface area contributed by atoms with Gasteiger partial charge in [-0.1, -0.05) is 18.2 Å². The van der Waals surface area contributed by atoms with E-state index in [2.05, 4.69) is 5.32 Å². The zero-order valence-electron chi connectivity index (χ0n) is 19.4. The Hall–Kier alpha value is -3.97. The van der Waals surface area contributed by atoms with Crippen molar-refractivity contribution in [2.45, 2.75) is 25.6 Å². The van der Waals surface area contributed by atoms with E-state index in [0.29, 0.717) is 11.6 Å². The number of benzene rings is 3. The predicted octanol–water partition coefficient (Wildman–Crippen LogP) is 6.34. The molecule has 0 bridgehead atoms. The summed E-state index contributed by atoms with van der Waals surface area (Å²) in [5.41, 5.74) is -1.02. The van der Waals surface area contributed by atoms with Gasteiger partial charge in [0.1, 0.15) is 11.4 Å². The number of halogens is 4. The zero-order valence-corrected chi connectivity index (χ0v) is 20.3. The highest BCUT2D eigenvalue weighted by molar-refractivity contribution is 7.81. The van der Waals surface area contributed by atoms with Gasteiger partial charge in [-0.2, -0.15) is 18.4 Å². The minimum absolute atomic E-state index is 0.0149. The Morgan fingerprint density at radius 2 is 1.64 bits per heavy atom. The van der Waals surface area contributed by atoms with Crippen molar-refractivity contribution in [1.29, 1.82) is 5.26 Å². The van der Waals surface area contributed by atoms with Crippen molar-refractivity contribution in [2.24, 2.45) is 0 Å². The van der Waals surface area contributed by atoms with Crippen molar-refractivity contribution < 1.29 is 22.4 Å². The standard InChI is InChI=1S/C26H20F4N4OS/c1-25(2)23(35)33(19-10-6-17(14-31)20(13-19)26(28,29)30)24(36)34(25)22-11-7-16(12-21(22)27)15-4-8-18(32-3)9-5-15/h4-13,32H,1-3H3. The maximum Gasteiger partial charge on any atom is 0.417 e. The third-order valence-electron chi connectivity index (χ3n) is 6.05. The van der Waals surface area contributed by atoms with E-state index in [0.717, 1.165) is 22.2 Å². The van der Waals surface area contributed by atoms with Crippen LogP contribution in [0.1, 0.15) is 25.0 Å². The first-order valence-electron chi connectivity index (χ1n) is 10.8. The van der Waals surface area contributed by atoms with Gasteiger partial charge in [0.05, 0.1) is 28.6 Å². The molecule has 3 aromatic rings. The summed E-state index contributed by atoms with van der Waals surface area (Å²) in [7, 11) is 1.79. The molecule has 1 fully saturated rings. The molecule has 3 aromatic carbocycles. The average molecular weight is 513 g/mol. The van der Waals surface area contributed by atoms with Crippen molar-refractivity contribution in [3.8, 4) is 17.2 Å². The fraction of sp³-hybridized carbons (Fsp3) is 0.192. The lowest BCUT2D eigenvalue weighted by atomic mass is 10.0. The second-order valence-electron chi connectivity index (χ2n) is 8.65. The molecule has 1 aliphatic heterocycles. The van der Waals surface area contributed by atoms with Gasteiger partial charge in [-0.05, 0) is 79.7 Å². The van der Waals surface area contributed by atoms with Crippen LogP contribution in [0.3, 0.4) is 0 Å². The number of alkyl halides is 3. The zero-order chi connectivity index (χ0) is 26.4.